The number of methoxy groups -OCH3 is 1. The molecule has 0 fully saturated rings. The van der Waals surface area contributed by atoms with Gasteiger partial charge in [-0.3, -0.25) is 0 Å². The summed E-state index contributed by atoms with van der Waals surface area (Å²) in [7, 11) is 1.60. The molecule has 0 aliphatic rings. The van der Waals surface area contributed by atoms with Gasteiger partial charge in [-0.1, -0.05) is 35.5 Å². The van der Waals surface area contributed by atoms with Gasteiger partial charge in [-0.25, -0.2) is 0 Å². The SMILES string of the molecule is COC(c1ccccc1)c1nc(-c2ccc(O)cc2)no1. The Morgan fingerprint density at radius 2 is 1.76 bits per heavy atom. The van der Waals surface area contributed by atoms with E-state index < -0.39 is 6.10 Å². The first kappa shape index (κ1) is 13.3. The lowest BCUT2D eigenvalue weighted by Gasteiger charge is -2.10. The number of aromatic hydroxyl groups is 1. The molecule has 21 heavy (non-hydrogen) atoms. The van der Waals surface area contributed by atoms with Crippen molar-refractivity contribution in [3.05, 3.63) is 66.1 Å². The lowest BCUT2D eigenvalue weighted by atomic mass is 10.1. The van der Waals surface area contributed by atoms with Gasteiger partial charge in [0, 0.05) is 12.7 Å². The summed E-state index contributed by atoms with van der Waals surface area (Å²) >= 11 is 0. The van der Waals surface area contributed by atoms with E-state index in [9.17, 15) is 5.11 Å². The van der Waals surface area contributed by atoms with Gasteiger partial charge in [-0.15, -0.1) is 0 Å². The minimum atomic E-state index is -0.399. The Balaban J connectivity index is 1.92. The molecular formula is C16H14N2O3. The molecule has 0 bridgehead atoms. The number of benzene rings is 2. The minimum absolute atomic E-state index is 0.196. The van der Waals surface area contributed by atoms with Crippen molar-refractivity contribution in [1.29, 1.82) is 0 Å². The standard InChI is InChI=1S/C16H14N2O3/c1-20-14(11-5-3-2-4-6-11)16-17-15(18-21-16)12-7-9-13(19)10-8-12/h2-10,14,19H,1H3. The van der Waals surface area contributed by atoms with Crippen LogP contribution in [0.15, 0.2) is 59.1 Å². The molecule has 0 saturated carbocycles. The molecule has 1 atom stereocenters. The molecule has 5 heteroatoms. The second-order valence-corrected chi connectivity index (χ2v) is 4.53. The van der Waals surface area contributed by atoms with Gasteiger partial charge in [0.05, 0.1) is 0 Å². The van der Waals surface area contributed by atoms with Crippen LogP contribution in [0.1, 0.15) is 17.6 Å². The van der Waals surface area contributed by atoms with Crippen LogP contribution in [0.3, 0.4) is 0 Å². The molecule has 0 saturated heterocycles. The third kappa shape index (κ3) is 2.78. The Hall–Kier alpha value is -2.66. The molecule has 3 aromatic rings. The molecule has 1 heterocycles. The third-order valence-corrected chi connectivity index (χ3v) is 3.13. The molecule has 0 radical (unpaired) electrons. The molecule has 0 spiro atoms. The van der Waals surface area contributed by atoms with Crippen molar-refractivity contribution in [3.8, 4) is 17.1 Å². The fourth-order valence-electron chi connectivity index (χ4n) is 2.08. The van der Waals surface area contributed by atoms with Crippen LogP contribution in [-0.4, -0.2) is 22.4 Å². The Kier molecular flexibility index (Phi) is 3.66. The van der Waals surface area contributed by atoms with Gasteiger partial charge in [0.25, 0.3) is 5.89 Å². The second-order valence-electron chi connectivity index (χ2n) is 4.53. The quantitative estimate of drug-likeness (QED) is 0.796. The monoisotopic (exact) mass is 282 g/mol. The number of aromatic nitrogens is 2. The highest BCUT2D eigenvalue weighted by molar-refractivity contribution is 5.55. The predicted molar refractivity (Wildman–Crippen MR) is 76.7 cm³/mol. The lowest BCUT2D eigenvalue weighted by Crippen LogP contribution is -2.03. The zero-order valence-electron chi connectivity index (χ0n) is 11.4. The zero-order valence-corrected chi connectivity index (χ0v) is 11.4. The molecule has 2 aromatic carbocycles. The first-order chi connectivity index (χ1) is 10.3. The first-order valence-electron chi connectivity index (χ1n) is 6.48. The van der Waals surface area contributed by atoms with Gasteiger partial charge >= 0.3 is 0 Å². The highest BCUT2D eigenvalue weighted by atomic mass is 16.5. The summed E-state index contributed by atoms with van der Waals surface area (Å²) in [4.78, 5) is 4.37. The van der Waals surface area contributed by atoms with Gasteiger partial charge in [-0.05, 0) is 29.8 Å². The Bertz CT molecular complexity index is 708. The Morgan fingerprint density at radius 3 is 2.43 bits per heavy atom. The van der Waals surface area contributed by atoms with Gasteiger partial charge in [0.2, 0.25) is 5.82 Å². The molecule has 1 aromatic heterocycles. The van der Waals surface area contributed by atoms with Crippen molar-refractivity contribution in [1.82, 2.24) is 10.1 Å². The van der Waals surface area contributed by atoms with Crippen molar-refractivity contribution in [2.75, 3.05) is 7.11 Å². The van der Waals surface area contributed by atoms with Crippen LogP contribution >= 0.6 is 0 Å². The average Bonchev–Trinajstić information content (AvgIpc) is 2.99. The van der Waals surface area contributed by atoms with Crippen LogP contribution in [-0.2, 0) is 4.74 Å². The normalized spacial score (nSPS) is 12.2. The first-order valence-corrected chi connectivity index (χ1v) is 6.48. The maximum absolute atomic E-state index is 9.30. The largest absolute Gasteiger partial charge is 0.508 e. The fraction of sp³-hybridized carbons (Fsp3) is 0.125. The molecular weight excluding hydrogens is 268 g/mol. The summed E-state index contributed by atoms with van der Waals surface area (Å²) in [5.41, 5.74) is 1.71. The summed E-state index contributed by atoms with van der Waals surface area (Å²) in [6.45, 7) is 0. The van der Waals surface area contributed by atoms with Gasteiger partial charge in [-0.2, -0.15) is 4.98 Å². The summed E-state index contributed by atoms with van der Waals surface area (Å²) in [5, 5.41) is 13.3. The summed E-state index contributed by atoms with van der Waals surface area (Å²) in [5.74, 6) is 1.05. The van der Waals surface area contributed by atoms with Crippen molar-refractivity contribution in [2.24, 2.45) is 0 Å². The predicted octanol–water partition coefficient (Wildman–Crippen LogP) is 3.18. The number of hydrogen-bond acceptors (Lipinski definition) is 5. The van der Waals surface area contributed by atoms with E-state index in [2.05, 4.69) is 10.1 Å². The van der Waals surface area contributed by atoms with E-state index >= 15 is 0 Å². The number of phenolic OH excluding ortho intramolecular Hbond substituents is 1. The molecule has 0 aliphatic carbocycles. The van der Waals surface area contributed by atoms with E-state index in [0.29, 0.717) is 11.7 Å². The van der Waals surface area contributed by atoms with Gasteiger partial charge < -0.3 is 14.4 Å². The maximum Gasteiger partial charge on any atom is 0.260 e. The third-order valence-electron chi connectivity index (χ3n) is 3.13. The van der Waals surface area contributed by atoms with Crippen molar-refractivity contribution in [2.45, 2.75) is 6.10 Å². The molecule has 0 aliphatic heterocycles. The summed E-state index contributed by atoms with van der Waals surface area (Å²) < 4.78 is 10.8. The number of ether oxygens (including phenoxy) is 1. The molecule has 3 rings (SSSR count). The average molecular weight is 282 g/mol. The van der Waals surface area contributed by atoms with Gasteiger partial charge in [0.1, 0.15) is 5.75 Å². The van der Waals surface area contributed by atoms with E-state index in [1.165, 1.54) is 0 Å². The maximum atomic E-state index is 9.30. The minimum Gasteiger partial charge on any atom is -0.508 e. The van der Waals surface area contributed by atoms with Crippen LogP contribution < -0.4 is 0 Å². The van der Waals surface area contributed by atoms with E-state index in [0.717, 1.165) is 11.1 Å². The van der Waals surface area contributed by atoms with Crippen LogP contribution in [0.2, 0.25) is 0 Å². The number of nitrogens with zero attached hydrogens (tertiary/aromatic N) is 2. The van der Waals surface area contributed by atoms with Crippen LogP contribution in [0.4, 0.5) is 0 Å². The molecule has 0 amide bonds. The van der Waals surface area contributed by atoms with E-state index in [4.69, 9.17) is 9.26 Å². The fourth-order valence-corrected chi connectivity index (χ4v) is 2.08. The summed E-state index contributed by atoms with van der Waals surface area (Å²) in [6.07, 6.45) is -0.399. The number of rotatable bonds is 4. The number of hydrogen-bond donors (Lipinski definition) is 1. The van der Waals surface area contributed by atoms with E-state index in [1.54, 1.807) is 31.4 Å². The highest BCUT2D eigenvalue weighted by Crippen LogP contribution is 2.26. The molecule has 1 N–H and O–H groups in total. The Morgan fingerprint density at radius 1 is 1.05 bits per heavy atom. The van der Waals surface area contributed by atoms with Crippen LogP contribution in [0.5, 0.6) is 5.75 Å². The highest BCUT2D eigenvalue weighted by Gasteiger charge is 2.20. The van der Waals surface area contributed by atoms with Crippen LogP contribution in [0, 0.1) is 0 Å². The number of phenols is 1. The van der Waals surface area contributed by atoms with Crippen molar-refractivity contribution >= 4 is 0 Å². The summed E-state index contributed by atoms with van der Waals surface area (Å²) in [6, 6.07) is 16.3. The molecule has 5 nitrogen and oxygen atoms in total. The van der Waals surface area contributed by atoms with E-state index in [1.807, 2.05) is 30.3 Å². The lowest BCUT2D eigenvalue weighted by molar-refractivity contribution is 0.105. The van der Waals surface area contributed by atoms with Crippen LogP contribution in [0.25, 0.3) is 11.4 Å². The van der Waals surface area contributed by atoms with Crippen molar-refractivity contribution < 1.29 is 14.4 Å². The zero-order chi connectivity index (χ0) is 14.7. The second kappa shape index (κ2) is 5.76. The van der Waals surface area contributed by atoms with E-state index in [-0.39, 0.29) is 5.75 Å². The smallest absolute Gasteiger partial charge is 0.260 e. The molecule has 106 valence electrons. The topological polar surface area (TPSA) is 68.4 Å². The van der Waals surface area contributed by atoms with Crippen molar-refractivity contribution in [3.63, 3.8) is 0 Å². The molecule has 1 unspecified atom stereocenters. The van der Waals surface area contributed by atoms with Gasteiger partial charge in [0.15, 0.2) is 6.10 Å². The Labute approximate surface area is 121 Å².